The van der Waals surface area contributed by atoms with Crippen molar-refractivity contribution in [2.45, 2.75) is 52.1 Å². The average molecular weight is 573 g/mol. The lowest BCUT2D eigenvalue weighted by atomic mass is 10.1. The number of amides is 2. The third-order valence-corrected chi connectivity index (χ3v) is 7.76. The number of nitrogens with zero attached hydrogens (tertiary/aromatic N) is 2. The van der Waals surface area contributed by atoms with Crippen molar-refractivity contribution in [2.24, 2.45) is 0 Å². The summed E-state index contributed by atoms with van der Waals surface area (Å²) in [7, 11) is -2.16. The lowest BCUT2D eigenvalue weighted by Gasteiger charge is -2.29. The summed E-state index contributed by atoms with van der Waals surface area (Å²) in [5.74, 6) is -0.121. The molecule has 0 radical (unpaired) electrons. The molecular formula is C26H35Cl2N3O5S. The van der Waals surface area contributed by atoms with Crippen LogP contribution in [0.1, 0.15) is 45.1 Å². The number of sulfonamides is 1. The van der Waals surface area contributed by atoms with Crippen molar-refractivity contribution >= 4 is 50.7 Å². The van der Waals surface area contributed by atoms with Gasteiger partial charge in [-0.05, 0) is 49.6 Å². The number of hydrogen-bond donors (Lipinski definition) is 1. The Morgan fingerprint density at radius 2 is 1.78 bits per heavy atom. The molecular weight excluding hydrogens is 537 g/mol. The highest BCUT2D eigenvalue weighted by molar-refractivity contribution is 7.92. The van der Waals surface area contributed by atoms with E-state index in [1.807, 2.05) is 6.92 Å². The molecule has 0 bridgehead atoms. The number of methoxy groups -OCH3 is 1. The zero-order chi connectivity index (χ0) is 27.6. The summed E-state index contributed by atoms with van der Waals surface area (Å²) in [6, 6.07) is 11.1. The maximum Gasteiger partial charge on any atom is 0.242 e. The number of halogens is 2. The molecule has 0 aromatic heterocycles. The molecule has 2 rings (SSSR count). The van der Waals surface area contributed by atoms with Crippen LogP contribution in [0.15, 0.2) is 42.5 Å². The second kappa shape index (κ2) is 14.4. The molecule has 37 heavy (non-hydrogen) atoms. The standard InChI is InChI=1S/C26H35Cl2N3O5S/c1-5-6-15-29-26(33)19(2)30(18-20-13-14-21(27)22(28)17-20)25(32)12-9-16-31(37(4,34)35)23-10-7-8-11-24(23)36-3/h7-8,10-11,13-14,17,19H,5-6,9,12,15-16,18H2,1-4H3,(H,29,33). The van der Waals surface area contributed by atoms with Gasteiger partial charge in [0.05, 0.1) is 29.1 Å². The second-order valence-electron chi connectivity index (χ2n) is 8.70. The molecule has 1 N–H and O–H groups in total. The molecule has 1 atom stereocenters. The van der Waals surface area contributed by atoms with Crippen molar-refractivity contribution in [2.75, 3.05) is 30.8 Å². The van der Waals surface area contributed by atoms with Crippen LogP contribution in [0.25, 0.3) is 0 Å². The van der Waals surface area contributed by atoms with Gasteiger partial charge in [0.2, 0.25) is 21.8 Å². The molecule has 0 saturated heterocycles. The van der Waals surface area contributed by atoms with Crippen LogP contribution >= 0.6 is 23.2 Å². The van der Waals surface area contributed by atoms with Crippen molar-refractivity contribution in [3.8, 4) is 5.75 Å². The molecule has 0 aliphatic carbocycles. The van der Waals surface area contributed by atoms with Crippen LogP contribution in [-0.2, 0) is 26.2 Å². The van der Waals surface area contributed by atoms with Gasteiger partial charge < -0.3 is 15.0 Å². The summed E-state index contributed by atoms with van der Waals surface area (Å²) >= 11 is 12.2. The summed E-state index contributed by atoms with van der Waals surface area (Å²) in [6.07, 6.45) is 3.16. The van der Waals surface area contributed by atoms with Crippen LogP contribution in [0.3, 0.4) is 0 Å². The Bertz CT molecular complexity index is 1180. The van der Waals surface area contributed by atoms with E-state index in [0.29, 0.717) is 28.0 Å². The van der Waals surface area contributed by atoms with Gasteiger partial charge in [-0.25, -0.2) is 8.42 Å². The summed E-state index contributed by atoms with van der Waals surface area (Å²) in [5, 5.41) is 3.62. The van der Waals surface area contributed by atoms with Crippen molar-refractivity contribution < 1.29 is 22.7 Å². The molecule has 0 spiro atoms. The summed E-state index contributed by atoms with van der Waals surface area (Å²) in [5.41, 5.74) is 1.12. The zero-order valence-corrected chi connectivity index (χ0v) is 24.0. The zero-order valence-electron chi connectivity index (χ0n) is 21.7. The number of nitrogens with one attached hydrogen (secondary N) is 1. The number of carbonyl (C=O) groups is 2. The van der Waals surface area contributed by atoms with E-state index in [1.54, 1.807) is 49.4 Å². The van der Waals surface area contributed by atoms with Gasteiger partial charge >= 0.3 is 0 Å². The predicted molar refractivity (Wildman–Crippen MR) is 149 cm³/mol. The van der Waals surface area contributed by atoms with E-state index in [1.165, 1.54) is 16.3 Å². The molecule has 0 heterocycles. The maximum absolute atomic E-state index is 13.4. The average Bonchev–Trinajstić information content (AvgIpc) is 2.86. The van der Waals surface area contributed by atoms with Crippen LogP contribution in [0.2, 0.25) is 10.0 Å². The molecule has 11 heteroatoms. The van der Waals surface area contributed by atoms with Crippen LogP contribution < -0.4 is 14.4 Å². The topological polar surface area (TPSA) is 96.0 Å². The van der Waals surface area contributed by atoms with Gasteiger partial charge in [0.15, 0.2) is 0 Å². The maximum atomic E-state index is 13.4. The lowest BCUT2D eigenvalue weighted by molar-refractivity contribution is -0.140. The van der Waals surface area contributed by atoms with Gasteiger partial charge in [-0.15, -0.1) is 0 Å². The highest BCUT2D eigenvalue weighted by atomic mass is 35.5. The van der Waals surface area contributed by atoms with E-state index in [2.05, 4.69) is 5.32 Å². The molecule has 204 valence electrons. The molecule has 0 aliphatic rings. The van der Waals surface area contributed by atoms with E-state index in [4.69, 9.17) is 27.9 Å². The fourth-order valence-corrected chi connectivity index (χ4v) is 5.06. The van der Waals surface area contributed by atoms with Crippen molar-refractivity contribution in [3.63, 3.8) is 0 Å². The van der Waals surface area contributed by atoms with Gasteiger partial charge in [0, 0.05) is 26.1 Å². The SMILES string of the molecule is CCCCNC(=O)C(C)N(Cc1ccc(Cl)c(Cl)c1)C(=O)CCCN(c1ccccc1OC)S(C)(=O)=O. The highest BCUT2D eigenvalue weighted by Crippen LogP contribution is 2.30. The second-order valence-corrected chi connectivity index (χ2v) is 11.4. The van der Waals surface area contributed by atoms with E-state index in [0.717, 1.165) is 24.7 Å². The Morgan fingerprint density at radius 1 is 1.08 bits per heavy atom. The normalized spacial score (nSPS) is 12.1. The molecule has 2 aromatic carbocycles. The number of unbranched alkanes of at least 4 members (excludes halogenated alkanes) is 1. The first-order valence-corrected chi connectivity index (χ1v) is 14.7. The first kappa shape index (κ1) is 30.7. The number of rotatable bonds is 14. The molecule has 0 aliphatic heterocycles. The van der Waals surface area contributed by atoms with E-state index >= 15 is 0 Å². The monoisotopic (exact) mass is 571 g/mol. The summed E-state index contributed by atoms with van der Waals surface area (Å²) in [6.45, 7) is 4.45. The summed E-state index contributed by atoms with van der Waals surface area (Å²) in [4.78, 5) is 27.6. The Morgan fingerprint density at radius 3 is 2.41 bits per heavy atom. The largest absolute Gasteiger partial charge is 0.495 e. The summed E-state index contributed by atoms with van der Waals surface area (Å²) < 4.78 is 31.6. The molecule has 8 nitrogen and oxygen atoms in total. The number of para-hydroxylation sites is 2. The minimum absolute atomic E-state index is 0.0368. The molecule has 1 unspecified atom stereocenters. The third-order valence-electron chi connectivity index (χ3n) is 5.84. The van der Waals surface area contributed by atoms with Crippen LogP contribution in [0.4, 0.5) is 5.69 Å². The van der Waals surface area contributed by atoms with E-state index in [9.17, 15) is 18.0 Å². The van der Waals surface area contributed by atoms with Gasteiger partial charge in [-0.2, -0.15) is 0 Å². The van der Waals surface area contributed by atoms with Gasteiger partial charge in [0.1, 0.15) is 11.8 Å². The Balaban J connectivity index is 2.20. The van der Waals surface area contributed by atoms with E-state index < -0.39 is 16.1 Å². The molecule has 0 fully saturated rings. The number of benzene rings is 2. The smallest absolute Gasteiger partial charge is 0.242 e. The first-order valence-electron chi connectivity index (χ1n) is 12.1. The first-order chi connectivity index (χ1) is 17.5. The minimum atomic E-state index is -3.63. The quantitative estimate of drug-likeness (QED) is 0.326. The van der Waals surface area contributed by atoms with Crippen molar-refractivity contribution in [1.82, 2.24) is 10.2 Å². The Hall–Kier alpha value is -2.49. The number of anilines is 1. The number of carbonyl (C=O) groups excluding carboxylic acids is 2. The Labute approximate surface area is 229 Å². The number of hydrogen-bond acceptors (Lipinski definition) is 5. The Kier molecular flexibility index (Phi) is 12.0. The predicted octanol–water partition coefficient (Wildman–Crippen LogP) is 4.88. The molecule has 2 aromatic rings. The highest BCUT2D eigenvalue weighted by Gasteiger charge is 2.27. The van der Waals surface area contributed by atoms with Gasteiger partial charge in [0.25, 0.3) is 0 Å². The fraction of sp³-hybridized carbons (Fsp3) is 0.462. The number of ether oxygens (including phenoxy) is 1. The van der Waals surface area contributed by atoms with Crippen LogP contribution in [0.5, 0.6) is 5.75 Å². The van der Waals surface area contributed by atoms with Crippen molar-refractivity contribution in [1.29, 1.82) is 0 Å². The van der Waals surface area contributed by atoms with Crippen LogP contribution in [0, 0.1) is 0 Å². The van der Waals surface area contributed by atoms with Gasteiger partial charge in [-0.3, -0.25) is 13.9 Å². The molecule has 0 saturated carbocycles. The fourth-order valence-electron chi connectivity index (χ4n) is 3.77. The third kappa shape index (κ3) is 9.09. The van der Waals surface area contributed by atoms with E-state index in [-0.39, 0.29) is 37.7 Å². The van der Waals surface area contributed by atoms with Gasteiger partial charge in [-0.1, -0.05) is 54.7 Å². The minimum Gasteiger partial charge on any atom is -0.495 e. The lowest BCUT2D eigenvalue weighted by Crippen LogP contribution is -2.48. The van der Waals surface area contributed by atoms with Crippen LogP contribution in [-0.4, -0.2) is 57.6 Å². The molecule has 2 amide bonds. The van der Waals surface area contributed by atoms with Crippen molar-refractivity contribution in [3.05, 3.63) is 58.1 Å².